The van der Waals surface area contributed by atoms with Crippen LogP contribution in [-0.2, 0) is 0 Å². The fourth-order valence-corrected chi connectivity index (χ4v) is 1.20. The second kappa shape index (κ2) is 3.95. The zero-order chi connectivity index (χ0) is 10.0. The van der Waals surface area contributed by atoms with Gasteiger partial charge in [-0.1, -0.05) is 0 Å². The fraction of sp³-hybridized carbons (Fsp3) is 0.286. The highest BCUT2D eigenvalue weighted by atomic mass is 79.9. The lowest BCUT2D eigenvalue weighted by molar-refractivity contribution is 0.149. The first kappa shape index (κ1) is 10.3. The smallest absolute Gasteiger partial charge is 0.266 e. The Balaban J connectivity index is 3.23. The lowest BCUT2D eigenvalue weighted by Crippen LogP contribution is -1.97. The normalized spacial score (nSPS) is 10.6. The predicted molar refractivity (Wildman–Crippen MR) is 43.4 cm³/mol. The van der Waals surface area contributed by atoms with Gasteiger partial charge in [-0.15, -0.1) is 0 Å². The minimum absolute atomic E-state index is 0.309. The summed E-state index contributed by atoms with van der Waals surface area (Å²) in [4.78, 5) is 3.37. The molecule has 1 heterocycles. The molecule has 0 aliphatic rings. The van der Waals surface area contributed by atoms with Crippen molar-refractivity contribution in [2.75, 3.05) is 7.11 Å². The van der Waals surface area contributed by atoms with Crippen molar-refractivity contribution in [2.24, 2.45) is 0 Å². The number of nitrogens with zero attached hydrogens (tertiary/aromatic N) is 1. The summed E-state index contributed by atoms with van der Waals surface area (Å²) >= 11 is 2.70. The van der Waals surface area contributed by atoms with E-state index in [2.05, 4.69) is 25.7 Å². The number of alkyl halides is 2. The highest BCUT2D eigenvalue weighted by Gasteiger charge is 2.18. The van der Waals surface area contributed by atoms with E-state index in [9.17, 15) is 13.2 Å². The molecule has 13 heavy (non-hydrogen) atoms. The Bertz CT molecular complexity index is 319. The van der Waals surface area contributed by atoms with E-state index < -0.39 is 17.8 Å². The zero-order valence-electron chi connectivity index (χ0n) is 6.52. The lowest BCUT2D eigenvalue weighted by Gasteiger charge is -2.06. The SMILES string of the molecule is COc1ncc(C(F)F)c(Br)c1F. The number of pyridine rings is 1. The van der Waals surface area contributed by atoms with Crippen molar-refractivity contribution in [3.8, 4) is 5.88 Å². The maximum atomic E-state index is 13.1. The molecule has 6 heteroatoms. The van der Waals surface area contributed by atoms with E-state index in [1.807, 2.05) is 0 Å². The second-order valence-corrected chi connectivity index (χ2v) is 2.94. The van der Waals surface area contributed by atoms with Gasteiger partial charge >= 0.3 is 0 Å². The van der Waals surface area contributed by atoms with Gasteiger partial charge < -0.3 is 4.74 Å². The highest BCUT2D eigenvalue weighted by molar-refractivity contribution is 9.10. The molecule has 2 nitrogen and oxygen atoms in total. The molecule has 0 radical (unpaired) electrons. The van der Waals surface area contributed by atoms with Crippen LogP contribution in [0.5, 0.6) is 5.88 Å². The molecule has 0 aliphatic heterocycles. The standard InChI is InChI=1S/C7H5BrF3NO/c1-13-7-5(9)4(8)3(2-12-7)6(10)11/h2,6H,1H3. The van der Waals surface area contributed by atoms with Crippen LogP contribution < -0.4 is 4.74 Å². The van der Waals surface area contributed by atoms with Gasteiger partial charge in [0.15, 0.2) is 5.82 Å². The van der Waals surface area contributed by atoms with Crippen LogP contribution in [0.3, 0.4) is 0 Å². The minimum atomic E-state index is -2.76. The van der Waals surface area contributed by atoms with Crippen LogP contribution in [-0.4, -0.2) is 12.1 Å². The number of halogens is 4. The molecular weight excluding hydrogens is 251 g/mol. The quantitative estimate of drug-likeness (QED) is 0.811. The predicted octanol–water partition coefficient (Wildman–Crippen LogP) is 2.93. The van der Waals surface area contributed by atoms with E-state index in [0.717, 1.165) is 6.20 Å². The molecular formula is C7H5BrF3NO. The molecule has 1 rings (SSSR count). The summed E-state index contributed by atoms with van der Waals surface area (Å²) in [6, 6.07) is 0. The van der Waals surface area contributed by atoms with Gasteiger partial charge in [0, 0.05) is 6.20 Å². The molecule has 0 aliphatic carbocycles. The van der Waals surface area contributed by atoms with Crippen LogP contribution in [0.4, 0.5) is 13.2 Å². The van der Waals surface area contributed by atoms with E-state index in [1.165, 1.54) is 7.11 Å². The van der Waals surface area contributed by atoms with Gasteiger partial charge in [0.05, 0.1) is 17.1 Å². The number of methoxy groups -OCH3 is 1. The van der Waals surface area contributed by atoms with Crippen molar-refractivity contribution >= 4 is 15.9 Å². The van der Waals surface area contributed by atoms with Gasteiger partial charge in [-0.2, -0.15) is 4.39 Å². The van der Waals surface area contributed by atoms with Crippen molar-refractivity contribution in [2.45, 2.75) is 6.43 Å². The van der Waals surface area contributed by atoms with Gasteiger partial charge in [-0.05, 0) is 15.9 Å². The number of ether oxygens (including phenoxy) is 1. The van der Waals surface area contributed by atoms with Crippen LogP contribution in [0.25, 0.3) is 0 Å². The Hall–Kier alpha value is -0.780. The van der Waals surface area contributed by atoms with Gasteiger partial charge in [-0.3, -0.25) is 0 Å². The largest absolute Gasteiger partial charge is 0.479 e. The third-order valence-electron chi connectivity index (χ3n) is 1.38. The molecule has 0 amide bonds. The minimum Gasteiger partial charge on any atom is -0.479 e. The Morgan fingerprint density at radius 2 is 2.15 bits per heavy atom. The summed E-state index contributed by atoms with van der Waals surface area (Å²) in [5, 5.41) is 0. The first-order chi connectivity index (χ1) is 6.07. The molecule has 1 aromatic rings. The number of hydrogen-bond donors (Lipinski definition) is 0. The summed E-state index contributed by atoms with van der Waals surface area (Å²) in [5.41, 5.74) is -0.488. The average molecular weight is 256 g/mol. The molecule has 0 spiro atoms. The van der Waals surface area contributed by atoms with Crippen LogP contribution >= 0.6 is 15.9 Å². The maximum Gasteiger partial charge on any atom is 0.266 e. The first-order valence-corrected chi connectivity index (χ1v) is 4.03. The third-order valence-corrected chi connectivity index (χ3v) is 2.19. The topological polar surface area (TPSA) is 22.1 Å². The lowest BCUT2D eigenvalue weighted by atomic mass is 10.3. The van der Waals surface area contributed by atoms with Crippen molar-refractivity contribution in [3.63, 3.8) is 0 Å². The summed E-state index contributed by atoms with van der Waals surface area (Å²) in [6.07, 6.45) is -1.89. The molecule has 0 fully saturated rings. The van der Waals surface area contributed by atoms with Crippen LogP contribution in [0, 0.1) is 5.82 Å². The highest BCUT2D eigenvalue weighted by Crippen LogP contribution is 2.31. The molecule has 0 saturated heterocycles. The van der Waals surface area contributed by atoms with Crippen LogP contribution in [0.1, 0.15) is 12.0 Å². The monoisotopic (exact) mass is 255 g/mol. The van der Waals surface area contributed by atoms with Gasteiger partial charge in [-0.25, -0.2) is 13.8 Å². The summed E-state index contributed by atoms with van der Waals surface area (Å²) in [7, 11) is 1.21. The van der Waals surface area contributed by atoms with E-state index >= 15 is 0 Å². The van der Waals surface area contributed by atoms with E-state index in [0.29, 0.717) is 0 Å². The average Bonchev–Trinajstić information content (AvgIpc) is 2.09. The Kier molecular flexibility index (Phi) is 3.13. The van der Waals surface area contributed by atoms with E-state index in [4.69, 9.17) is 0 Å². The Labute approximate surface area is 80.9 Å². The third kappa shape index (κ3) is 1.93. The molecule has 0 saturated carbocycles. The van der Waals surface area contributed by atoms with Gasteiger partial charge in [0.25, 0.3) is 12.3 Å². The first-order valence-electron chi connectivity index (χ1n) is 3.24. The Morgan fingerprint density at radius 1 is 1.54 bits per heavy atom. The molecule has 0 bridgehead atoms. The number of hydrogen-bond acceptors (Lipinski definition) is 2. The number of rotatable bonds is 2. The van der Waals surface area contributed by atoms with Crippen molar-refractivity contribution in [3.05, 3.63) is 22.1 Å². The molecule has 72 valence electrons. The fourth-order valence-electron chi connectivity index (χ4n) is 0.757. The van der Waals surface area contributed by atoms with E-state index in [-0.39, 0.29) is 10.4 Å². The molecule has 0 N–H and O–H groups in total. The summed E-state index contributed by atoms with van der Waals surface area (Å²) < 4.78 is 41.6. The molecule has 1 aromatic heterocycles. The summed E-state index contributed by atoms with van der Waals surface area (Å²) in [6.45, 7) is 0. The van der Waals surface area contributed by atoms with E-state index in [1.54, 1.807) is 0 Å². The van der Waals surface area contributed by atoms with Crippen LogP contribution in [0.15, 0.2) is 10.7 Å². The Morgan fingerprint density at radius 3 is 2.62 bits per heavy atom. The van der Waals surface area contributed by atoms with Crippen molar-refractivity contribution in [1.82, 2.24) is 4.98 Å². The van der Waals surface area contributed by atoms with Crippen LogP contribution in [0.2, 0.25) is 0 Å². The molecule has 0 aromatic carbocycles. The second-order valence-electron chi connectivity index (χ2n) is 2.15. The van der Waals surface area contributed by atoms with Crippen molar-refractivity contribution in [1.29, 1.82) is 0 Å². The maximum absolute atomic E-state index is 13.1. The van der Waals surface area contributed by atoms with Crippen molar-refractivity contribution < 1.29 is 17.9 Å². The molecule has 0 unspecified atom stereocenters. The summed E-state index contributed by atoms with van der Waals surface area (Å²) in [5.74, 6) is -1.23. The van der Waals surface area contributed by atoms with Gasteiger partial charge in [0.2, 0.25) is 0 Å². The number of aromatic nitrogens is 1. The molecule has 0 atom stereocenters. The zero-order valence-corrected chi connectivity index (χ0v) is 8.11. The van der Waals surface area contributed by atoms with Gasteiger partial charge in [0.1, 0.15) is 0 Å².